The number of thioether (sulfide) groups is 1. The first-order valence-corrected chi connectivity index (χ1v) is 5.93. The van der Waals surface area contributed by atoms with Crippen molar-refractivity contribution in [1.82, 2.24) is 0 Å². The van der Waals surface area contributed by atoms with Crippen LogP contribution in [0.25, 0.3) is 0 Å². The number of ether oxygens (including phenoxy) is 1. The number of quaternary nitrogens is 1. The average molecular weight is 226 g/mol. The molecule has 0 aliphatic heterocycles. The van der Waals surface area contributed by atoms with Crippen molar-refractivity contribution in [1.29, 1.82) is 0 Å². The molecule has 0 unspecified atom stereocenters. The zero-order valence-electron chi connectivity index (χ0n) is 9.03. The summed E-state index contributed by atoms with van der Waals surface area (Å²) in [5.74, 6) is -0.219. The van der Waals surface area contributed by atoms with E-state index >= 15 is 0 Å². The van der Waals surface area contributed by atoms with Crippen molar-refractivity contribution in [3.05, 3.63) is 29.8 Å². The molecule has 0 radical (unpaired) electrons. The Kier molecular flexibility index (Phi) is 4.65. The molecular weight excluding hydrogens is 210 g/mol. The molecule has 0 spiro atoms. The lowest BCUT2D eigenvalue weighted by molar-refractivity contribution is -0.425. The van der Waals surface area contributed by atoms with Crippen molar-refractivity contribution < 1.29 is 15.3 Å². The summed E-state index contributed by atoms with van der Waals surface area (Å²) < 4.78 is 4.60. The van der Waals surface area contributed by atoms with E-state index in [0.717, 1.165) is 5.56 Å². The van der Waals surface area contributed by atoms with Crippen LogP contribution >= 0.6 is 11.8 Å². The van der Waals surface area contributed by atoms with Gasteiger partial charge in [-0.3, -0.25) is 4.79 Å². The smallest absolute Gasteiger partial charge is 0.311 e. The normalized spacial score (nSPS) is 12.2. The maximum atomic E-state index is 11.1. The van der Waals surface area contributed by atoms with E-state index in [1.165, 1.54) is 12.0 Å². The lowest BCUT2D eigenvalue weighted by Gasteiger charge is -2.07. The van der Waals surface area contributed by atoms with Crippen LogP contribution in [0.3, 0.4) is 0 Å². The fraction of sp³-hybridized carbons (Fsp3) is 0.364. The molecule has 0 aliphatic carbocycles. The highest BCUT2D eigenvalue weighted by atomic mass is 32.2. The predicted octanol–water partition coefficient (Wildman–Crippen LogP) is 1.25. The van der Waals surface area contributed by atoms with Crippen LogP contribution in [0.2, 0.25) is 0 Å². The summed E-state index contributed by atoms with van der Waals surface area (Å²) >= 11 is 1.70. The van der Waals surface area contributed by atoms with Crippen LogP contribution in [0.5, 0.6) is 0 Å². The molecule has 1 aromatic carbocycles. The largest absolute Gasteiger partial charge is 0.469 e. The topological polar surface area (TPSA) is 53.9 Å². The monoisotopic (exact) mass is 226 g/mol. The minimum atomic E-state index is -0.219. The highest BCUT2D eigenvalue weighted by molar-refractivity contribution is 7.98. The summed E-state index contributed by atoms with van der Waals surface area (Å²) in [6.45, 7) is 0. The van der Waals surface area contributed by atoms with Gasteiger partial charge in [0.05, 0.1) is 7.11 Å². The van der Waals surface area contributed by atoms with Gasteiger partial charge in [0.1, 0.15) is 12.5 Å². The molecule has 0 saturated carbocycles. The molecular formula is C11H16NO2S+. The minimum Gasteiger partial charge on any atom is -0.469 e. The van der Waals surface area contributed by atoms with Crippen molar-refractivity contribution in [2.45, 2.75) is 17.4 Å². The predicted molar refractivity (Wildman–Crippen MR) is 60.5 cm³/mol. The molecule has 0 fully saturated rings. The highest BCUT2D eigenvalue weighted by Crippen LogP contribution is 2.18. The first-order chi connectivity index (χ1) is 7.17. The van der Waals surface area contributed by atoms with Crippen molar-refractivity contribution in [3.8, 4) is 0 Å². The molecule has 4 heteroatoms. The van der Waals surface area contributed by atoms with Crippen LogP contribution < -0.4 is 5.73 Å². The van der Waals surface area contributed by atoms with Gasteiger partial charge in [0.2, 0.25) is 0 Å². The number of benzene rings is 1. The Balaban J connectivity index is 2.65. The van der Waals surface area contributed by atoms with Crippen LogP contribution in [-0.2, 0) is 9.53 Å². The zero-order valence-corrected chi connectivity index (χ0v) is 9.84. The number of methoxy groups -OCH3 is 1. The van der Waals surface area contributed by atoms with E-state index in [-0.39, 0.29) is 12.0 Å². The lowest BCUT2D eigenvalue weighted by atomic mass is 10.1. The van der Waals surface area contributed by atoms with E-state index in [2.05, 4.69) is 10.5 Å². The van der Waals surface area contributed by atoms with Gasteiger partial charge in [-0.15, -0.1) is 11.8 Å². The zero-order chi connectivity index (χ0) is 11.3. The fourth-order valence-electron chi connectivity index (χ4n) is 1.28. The van der Waals surface area contributed by atoms with Crippen LogP contribution in [0.15, 0.2) is 29.2 Å². The Morgan fingerprint density at radius 1 is 1.47 bits per heavy atom. The third kappa shape index (κ3) is 3.57. The summed E-state index contributed by atoms with van der Waals surface area (Å²) in [5, 5.41) is 0. The molecule has 0 aromatic heterocycles. The Hall–Kier alpha value is -1.00. The highest BCUT2D eigenvalue weighted by Gasteiger charge is 2.14. The van der Waals surface area contributed by atoms with Crippen molar-refractivity contribution in [2.75, 3.05) is 13.4 Å². The van der Waals surface area contributed by atoms with Crippen LogP contribution in [0.4, 0.5) is 0 Å². The molecule has 82 valence electrons. The van der Waals surface area contributed by atoms with E-state index in [1.807, 2.05) is 30.5 Å². The second-order valence-corrected chi connectivity index (χ2v) is 4.13. The second-order valence-electron chi connectivity index (χ2n) is 3.25. The van der Waals surface area contributed by atoms with Gasteiger partial charge in [-0.1, -0.05) is 12.1 Å². The van der Waals surface area contributed by atoms with Crippen molar-refractivity contribution >= 4 is 17.7 Å². The number of esters is 1. The number of carbonyl (C=O) groups excluding carboxylic acids is 1. The van der Waals surface area contributed by atoms with E-state index in [0.29, 0.717) is 6.42 Å². The fourth-order valence-corrected chi connectivity index (χ4v) is 1.69. The molecule has 1 aromatic rings. The average Bonchev–Trinajstić information content (AvgIpc) is 2.29. The summed E-state index contributed by atoms with van der Waals surface area (Å²) in [6.07, 6.45) is 2.36. The molecule has 1 atom stereocenters. The number of hydrogen-bond donors (Lipinski definition) is 1. The molecule has 15 heavy (non-hydrogen) atoms. The van der Waals surface area contributed by atoms with Crippen molar-refractivity contribution in [2.24, 2.45) is 0 Å². The Morgan fingerprint density at radius 3 is 2.53 bits per heavy atom. The summed E-state index contributed by atoms with van der Waals surface area (Å²) in [7, 11) is 1.39. The molecule has 0 bridgehead atoms. The Bertz CT molecular complexity index is 324. The van der Waals surface area contributed by atoms with E-state index in [9.17, 15) is 4.79 Å². The molecule has 0 heterocycles. The number of rotatable bonds is 4. The molecule has 0 amide bonds. The van der Waals surface area contributed by atoms with Crippen LogP contribution in [0.1, 0.15) is 18.0 Å². The maximum absolute atomic E-state index is 11.1. The van der Waals surface area contributed by atoms with Crippen LogP contribution in [0, 0.1) is 0 Å². The minimum absolute atomic E-state index is 0.0339. The van der Waals surface area contributed by atoms with Gasteiger partial charge in [0.15, 0.2) is 0 Å². The third-order valence-electron chi connectivity index (χ3n) is 2.23. The molecule has 3 nitrogen and oxygen atoms in total. The molecule has 0 aliphatic rings. The lowest BCUT2D eigenvalue weighted by Crippen LogP contribution is -2.54. The Morgan fingerprint density at radius 2 is 2.07 bits per heavy atom. The first kappa shape index (κ1) is 12.1. The summed E-state index contributed by atoms with van der Waals surface area (Å²) in [6, 6.07) is 8.05. The van der Waals surface area contributed by atoms with Gasteiger partial charge in [-0.2, -0.15) is 0 Å². The van der Waals surface area contributed by atoms with Gasteiger partial charge < -0.3 is 10.5 Å². The Labute approximate surface area is 94.0 Å². The number of carbonyl (C=O) groups is 1. The van der Waals surface area contributed by atoms with Gasteiger partial charge in [-0.05, 0) is 18.4 Å². The standard InChI is InChI=1S/C11H15NO2S/c1-14-11(13)7-10(12)8-3-5-9(15-2)6-4-8/h3-6,10H,7,12H2,1-2H3/p+1/t10-/m0/s1. The number of hydrogen-bond acceptors (Lipinski definition) is 3. The van der Waals surface area contributed by atoms with Gasteiger partial charge in [-0.25, -0.2) is 0 Å². The molecule has 1 rings (SSSR count). The summed E-state index contributed by atoms with van der Waals surface area (Å²) in [5.41, 5.74) is 5.01. The maximum Gasteiger partial charge on any atom is 0.311 e. The third-order valence-corrected chi connectivity index (χ3v) is 2.97. The van der Waals surface area contributed by atoms with E-state index in [1.54, 1.807) is 11.8 Å². The van der Waals surface area contributed by atoms with Crippen molar-refractivity contribution in [3.63, 3.8) is 0 Å². The quantitative estimate of drug-likeness (QED) is 0.621. The SMILES string of the molecule is COC(=O)C[C@H]([NH3+])c1ccc(SC)cc1. The first-order valence-electron chi connectivity index (χ1n) is 4.71. The second kappa shape index (κ2) is 5.78. The van der Waals surface area contributed by atoms with Gasteiger partial charge >= 0.3 is 5.97 Å². The van der Waals surface area contributed by atoms with E-state index < -0.39 is 0 Å². The summed E-state index contributed by atoms with van der Waals surface area (Å²) in [4.78, 5) is 12.3. The molecule has 0 saturated heterocycles. The van der Waals surface area contributed by atoms with Gasteiger partial charge in [0, 0.05) is 10.5 Å². The molecule has 3 N–H and O–H groups in total. The van der Waals surface area contributed by atoms with Crippen LogP contribution in [-0.4, -0.2) is 19.3 Å². The van der Waals surface area contributed by atoms with Gasteiger partial charge in [0.25, 0.3) is 0 Å². The van der Waals surface area contributed by atoms with E-state index in [4.69, 9.17) is 0 Å².